The van der Waals surface area contributed by atoms with E-state index in [2.05, 4.69) is 46.7 Å². The molecule has 3 aromatic rings. The second-order valence-corrected chi connectivity index (χ2v) is 5.60. The lowest BCUT2D eigenvalue weighted by molar-refractivity contribution is 0.668. The molecule has 106 valence electrons. The highest BCUT2D eigenvalue weighted by Gasteiger charge is 2.22. The monoisotopic (exact) mass is 279 g/mol. The van der Waals surface area contributed by atoms with Gasteiger partial charge in [-0.15, -0.1) is 10.2 Å². The van der Waals surface area contributed by atoms with Crippen LogP contribution in [-0.4, -0.2) is 32.9 Å². The lowest BCUT2D eigenvalue weighted by atomic mass is 10.1. The van der Waals surface area contributed by atoms with Gasteiger partial charge in [0.1, 0.15) is 0 Å². The van der Waals surface area contributed by atoms with Crippen LogP contribution in [0.4, 0.5) is 0 Å². The number of hydrogen-bond acceptors (Lipinski definition) is 4. The lowest BCUT2D eigenvalue weighted by Crippen LogP contribution is -2.11. The maximum Gasteiger partial charge on any atom is 0.177 e. The van der Waals surface area contributed by atoms with Crippen LogP contribution in [0.3, 0.4) is 0 Å². The van der Waals surface area contributed by atoms with Crippen molar-refractivity contribution in [2.45, 2.75) is 19.3 Å². The molecule has 1 fully saturated rings. The molecule has 5 nitrogen and oxygen atoms in total. The van der Waals surface area contributed by atoms with Gasteiger partial charge in [-0.05, 0) is 32.0 Å². The van der Waals surface area contributed by atoms with Crippen LogP contribution in [0.5, 0.6) is 0 Å². The molecule has 1 aliphatic heterocycles. The van der Waals surface area contributed by atoms with Gasteiger partial charge in [0.2, 0.25) is 0 Å². The molecular weight excluding hydrogens is 262 g/mol. The highest BCUT2D eigenvalue weighted by Crippen LogP contribution is 2.23. The third-order valence-corrected chi connectivity index (χ3v) is 4.06. The summed E-state index contributed by atoms with van der Waals surface area (Å²) in [6.45, 7) is 4.08. The molecule has 0 saturated carbocycles. The van der Waals surface area contributed by atoms with Crippen molar-refractivity contribution < 1.29 is 0 Å². The third-order valence-electron chi connectivity index (χ3n) is 4.06. The molecule has 5 heteroatoms. The first kappa shape index (κ1) is 12.5. The van der Waals surface area contributed by atoms with Crippen molar-refractivity contribution in [1.29, 1.82) is 0 Å². The summed E-state index contributed by atoms with van der Waals surface area (Å²) in [5.41, 5.74) is 4.14. The minimum absolute atomic E-state index is 0.403. The Balaban J connectivity index is 1.80. The minimum atomic E-state index is 0.403. The molecule has 0 radical (unpaired) electrons. The van der Waals surface area contributed by atoms with E-state index in [1.165, 1.54) is 5.56 Å². The zero-order valence-electron chi connectivity index (χ0n) is 12.0. The van der Waals surface area contributed by atoms with Gasteiger partial charge in [-0.1, -0.05) is 29.8 Å². The zero-order valence-corrected chi connectivity index (χ0v) is 12.0. The standard InChI is InChI=1S/C16H17N5/c1-11-2-4-12(5-3-11)14-6-7-15-18-19-16(21(15)20-14)13-8-9-17-10-13/h2-7,13,17H,8-10H2,1H3/t13-/m1/s1. The summed E-state index contributed by atoms with van der Waals surface area (Å²) in [7, 11) is 0. The molecule has 1 aromatic carbocycles. The largest absolute Gasteiger partial charge is 0.316 e. The normalized spacial score (nSPS) is 18.4. The Morgan fingerprint density at radius 3 is 2.71 bits per heavy atom. The Hall–Kier alpha value is -2.27. The Kier molecular flexibility index (Phi) is 2.93. The topological polar surface area (TPSA) is 55.1 Å². The number of aryl methyl sites for hydroxylation is 1. The van der Waals surface area contributed by atoms with Crippen LogP contribution in [0.1, 0.15) is 23.7 Å². The lowest BCUT2D eigenvalue weighted by Gasteiger charge is -2.07. The van der Waals surface area contributed by atoms with Gasteiger partial charge in [-0.3, -0.25) is 0 Å². The van der Waals surface area contributed by atoms with Gasteiger partial charge in [-0.25, -0.2) is 0 Å². The molecule has 21 heavy (non-hydrogen) atoms. The molecule has 1 atom stereocenters. The molecule has 1 N–H and O–H groups in total. The fourth-order valence-electron chi connectivity index (χ4n) is 2.81. The summed E-state index contributed by atoms with van der Waals surface area (Å²) in [6.07, 6.45) is 1.09. The first-order valence-corrected chi connectivity index (χ1v) is 7.31. The van der Waals surface area contributed by atoms with Crippen molar-refractivity contribution in [2.75, 3.05) is 13.1 Å². The molecule has 2 aromatic heterocycles. The smallest absolute Gasteiger partial charge is 0.177 e. The molecule has 0 bridgehead atoms. The summed E-state index contributed by atoms with van der Waals surface area (Å²) >= 11 is 0. The summed E-state index contributed by atoms with van der Waals surface area (Å²) in [6, 6.07) is 12.4. The number of nitrogens with one attached hydrogen (secondary N) is 1. The number of aromatic nitrogens is 4. The Bertz CT molecular complexity index is 769. The van der Waals surface area contributed by atoms with Crippen molar-refractivity contribution in [3.8, 4) is 11.3 Å². The molecule has 3 heterocycles. The van der Waals surface area contributed by atoms with Gasteiger partial charge in [0.15, 0.2) is 11.5 Å². The van der Waals surface area contributed by atoms with E-state index in [4.69, 9.17) is 5.10 Å². The highest BCUT2D eigenvalue weighted by molar-refractivity contribution is 5.60. The molecule has 0 amide bonds. The van der Waals surface area contributed by atoms with E-state index >= 15 is 0 Å². The molecule has 0 unspecified atom stereocenters. The van der Waals surface area contributed by atoms with Gasteiger partial charge < -0.3 is 5.32 Å². The van der Waals surface area contributed by atoms with Crippen LogP contribution in [0.25, 0.3) is 16.9 Å². The highest BCUT2D eigenvalue weighted by atomic mass is 15.4. The second-order valence-electron chi connectivity index (χ2n) is 5.60. The fraction of sp³-hybridized carbons (Fsp3) is 0.312. The Morgan fingerprint density at radius 2 is 1.95 bits per heavy atom. The SMILES string of the molecule is Cc1ccc(-c2ccc3nnc([C@@H]4CCNC4)n3n2)cc1. The molecule has 1 aliphatic rings. The van der Waals surface area contributed by atoms with Crippen molar-refractivity contribution in [1.82, 2.24) is 25.1 Å². The van der Waals surface area contributed by atoms with Gasteiger partial charge in [-0.2, -0.15) is 9.61 Å². The number of fused-ring (bicyclic) bond motifs is 1. The quantitative estimate of drug-likeness (QED) is 0.781. The van der Waals surface area contributed by atoms with E-state index in [9.17, 15) is 0 Å². The molecular formula is C16H17N5. The number of nitrogens with zero attached hydrogens (tertiary/aromatic N) is 4. The minimum Gasteiger partial charge on any atom is -0.316 e. The molecule has 1 saturated heterocycles. The van der Waals surface area contributed by atoms with E-state index in [-0.39, 0.29) is 0 Å². The van der Waals surface area contributed by atoms with E-state index in [0.29, 0.717) is 5.92 Å². The van der Waals surface area contributed by atoms with Crippen LogP contribution < -0.4 is 5.32 Å². The predicted molar refractivity (Wildman–Crippen MR) is 81.2 cm³/mol. The van der Waals surface area contributed by atoms with Crippen LogP contribution in [0.15, 0.2) is 36.4 Å². The summed E-state index contributed by atoms with van der Waals surface area (Å²) in [4.78, 5) is 0. The van der Waals surface area contributed by atoms with Crippen molar-refractivity contribution in [3.05, 3.63) is 47.8 Å². The maximum atomic E-state index is 4.74. The Labute approximate surface area is 123 Å². The van der Waals surface area contributed by atoms with E-state index in [1.807, 2.05) is 16.6 Å². The Morgan fingerprint density at radius 1 is 1.10 bits per heavy atom. The summed E-state index contributed by atoms with van der Waals surface area (Å²) < 4.78 is 1.90. The third kappa shape index (κ3) is 2.19. The average molecular weight is 279 g/mol. The first-order chi connectivity index (χ1) is 10.3. The maximum absolute atomic E-state index is 4.74. The zero-order chi connectivity index (χ0) is 14.2. The van der Waals surface area contributed by atoms with Gasteiger partial charge in [0.25, 0.3) is 0 Å². The van der Waals surface area contributed by atoms with Crippen molar-refractivity contribution >= 4 is 5.65 Å². The van der Waals surface area contributed by atoms with Crippen LogP contribution in [-0.2, 0) is 0 Å². The van der Waals surface area contributed by atoms with Crippen LogP contribution >= 0.6 is 0 Å². The fourth-order valence-corrected chi connectivity index (χ4v) is 2.81. The van der Waals surface area contributed by atoms with Crippen molar-refractivity contribution in [2.24, 2.45) is 0 Å². The average Bonchev–Trinajstić information content (AvgIpc) is 3.16. The van der Waals surface area contributed by atoms with E-state index in [1.54, 1.807) is 0 Å². The molecule has 0 spiro atoms. The van der Waals surface area contributed by atoms with Crippen LogP contribution in [0, 0.1) is 6.92 Å². The van der Waals surface area contributed by atoms with Gasteiger partial charge >= 0.3 is 0 Å². The number of benzene rings is 1. The van der Waals surface area contributed by atoms with E-state index in [0.717, 1.165) is 42.2 Å². The molecule has 0 aliphatic carbocycles. The van der Waals surface area contributed by atoms with Gasteiger partial charge in [0.05, 0.1) is 5.69 Å². The summed E-state index contributed by atoms with van der Waals surface area (Å²) in [5.74, 6) is 1.37. The molecule has 4 rings (SSSR count). The van der Waals surface area contributed by atoms with E-state index < -0.39 is 0 Å². The number of hydrogen-bond donors (Lipinski definition) is 1. The van der Waals surface area contributed by atoms with Crippen molar-refractivity contribution in [3.63, 3.8) is 0 Å². The first-order valence-electron chi connectivity index (χ1n) is 7.31. The summed E-state index contributed by atoms with van der Waals surface area (Å²) in [5, 5.41) is 16.7. The van der Waals surface area contributed by atoms with Gasteiger partial charge in [0, 0.05) is 18.0 Å². The second kappa shape index (κ2) is 4.93. The number of rotatable bonds is 2. The predicted octanol–water partition coefficient (Wildman–Crippen LogP) is 2.18. The van der Waals surface area contributed by atoms with Crippen LogP contribution in [0.2, 0.25) is 0 Å².